The first-order valence-electron chi connectivity index (χ1n) is 11.0. The summed E-state index contributed by atoms with van der Waals surface area (Å²) in [4.78, 5) is 12.5. The molecule has 0 saturated carbocycles. The van der Waals surface area contributed by atoms with Crippen LogP contribution in [-0.4, -0.2) is 67.4 Å². The Balaban J connectivity index is 1.69. The van der Waals surface area contributed by atoms with Crippen molar-refractivity contribution in [3.63, 3.8) is 0 Å². The molecule has 0 aromatic carbocycles. The van der Waals surface area contributed by atoms with Crippen molar-refractivity contribution < 1.29 is 22.8 Å². The Hall–Kier alpha value is -1.13. The number of hydrogen-bond donors (Lipinski definition) is 2. The van der Waals surface area contributed by atoms with Crippen LogP contribution in [-0.2, 0) is 17.7 Å². The number of aromatic nitrogens is 4. The Labute approximate surface area is 195 Å². The lowest BCUT2D eigenvalue weighted by atomic mass is 10.1. The molecule has 10 nitrogen and oxygen atoms in total. The highest BCUT2D eigenvalue weighted by atomic mass is 35.5. The standard InChI is InChI=1S/C19H32ClN5O5Si2/c1-9(2)31-29-15-12(7-27-32(30-31,10(3)4)11(5)6)28-18(14(15)26)25-8-22-13-16(21)23-19(20)24-17(13)25/h8-12,14-15,18,26,31H,7H2,1-6H3,(H2,21,23,24)/t12-,14-,15-,18-,31?/m1/s1. The molecule has 2 saturated heterocycles. The molecule has 3 N–H and O–H groups in total. The highest BCUT2D eigenvalue weighted by Crippen LogP contribution is 2.42. The number of hydrogen-bond acceptors (Lipinski definition) is 9. The third kappa shape index (κ3) is 4.00. The average molecular weight is 502 g/mol. The van der Waals surface area contributed by atoms with Crippen LogP contribution in [0.5, 0.6) is 0 Å². The number of fused-ring (bicyclic) bond motifs is 2. The molecule has 4 heterocycles. The summed E-state index contributed by atoms with van der Waals surface area (Å²) in [7, 11) is -4.76. The molecule has 2 aromatic rings. The smallest absolute Gasteiger partial charge is 0.334 e. The number of imidazole rings is 1. The topological polar surface area (TPSA) is 127 Å². The summed E-state index contributed by atoms with van der Waals surface area (Å²) >= 11 is 6.01. The summed E-state index contributed by atoms with van der Waals surface area (Å²) in [5.41, 5.74) is 7.42. The Morgan fingerprint density at radius 1 is 1.22 bits per heavy atom. The quantitative estimate of drug-likeness (QED) is 0.480. The van der Waals surface area contributed by atoms with Gasteiger partial charge in [0.05, 0.1) is 12.9 Å². The van der Waals surface area contributed by atoms with Crippen molar-refractivity contribution in [2.45, 2.75) is 82.7 Å². The highest BCUT2D eigenvalue weighted by Gasteiger charge is 2.54. The van der Waals surface area contributed by atoms with E-state index in [4.69, 9.17) is 35.0 Å². The number of ether oxygens (including phenoxy) is 1. The first kappa shape index (κ1) is 24.0. The van der Waals surface area contributed by atoms with Gasteiger partial charge in [-0.25, -0.2) is 4.98 Å². The Morgan fingerprint density at radius 2 is 1.91 bits per heavy atom. The van der Waals surface area contributed by atoms with Crippen molar-refractivity contribution in [3.8, 4) is 0 Å². The van der Waals surface area contributed by atoms with Gasteiger partial charge in [-0.3, -0.25) is 4.57 Å². The van der Waals surface area contributed by atoms with E-state index in [1.54, 1.807) is 4.57 Å². The third-order valence-electron chi connectivity index (χ3n) is 6.22. The molecule has 2 aliphatic rings. The van der Waals surface area contributed by atoms with Gasteiger partial charge >= 0.3 is 17.8 Å². The van der Waals surface area contributed by atoms with Crippen LogP contribution < -0.4 is 5.73 Å². The Morgan fingerprint density at radius 3 is 2.53 bits per heavy atom. The van der Waals surface area contributed by atoms with E-state index in [0.717, 1.165) is 0 Å². The van der Waals surface area contributed by atoms with Gasteiger partial charge in [-0.1, -0.05) is 41.5 Å². The second-order valence-corrected chi connectivity index (χ2v) is 17.1. The van der Waals surface area contributed by atoms with Crippen LogP contribution in [0.25, 0.3) is 11.2 Å². The number of anilines is 1. The van der Waals surface area contributed by atoms with Crippen molar-refractivity contribution in [2.75, 3.05) is 12.3 Å². The highest BCUT2D eigenvalue weighted by molar-refractivity contribution is 6.76. The van der Waals surface area contributed by atoms with Gasteiger partial charge in [-0.05, 0) is 28.2 Å². The molecular weight excluding hydrogens is 470 g/mol. The molecule has 2 fully saturated rings. The number of aliphatic hydroxyl groups excluding tert-OH is 1. The zero-order valence-corrected chi connectivity index (χ0v) is 22.1. The number of rotatable bonds is 4. The monoisotopic (exact) mass is 501 g/mol. The van der Waals surface area contributed by atoms with Gasteiger partial charge in [0.1, 0.15) is 23.8 Å². The maximum Gasteiger partial charge on any atom is 0.334 e. The average Bonchev–Trinajstić information content (AvgIpc) is 3.22. The van der Waals surface area contributed by atoms with E-state index < -0.39 is 42.4 Å². The van der Waals surface area contributed by atoms with Crippen LogP contribution in [0.3, 0.4) is 0 Å². The number of nitrogens with zero attached hydrogens (tertiary/aromatic N) is 4. The largest absolute Gasteiger partial charge is 0.416 e. The van der Waals surface area contributed by atoms with Gasteiger partial charge in [-0.15, -0.1) is 0 Å². The normalized spacial score (nSPS) is 30.8. The molecule has 32 heavy (non-hydrogen) atoms. The minimum atomic E-state index is -2.57. The van der Waals surface area contributed by atoms with E-state index in [0.29, 0.717) is 11.2 Å². The minimum Gasteiger partial charge on any atom is -0.416 e. The van der Waals surface area contributed by atoms with Crippen LogP contribution in [0.15, 0.2) is 6.33 Å². The summed E-state index contributed by atoms with van der Waals surface area (Å²) in [5.74, 6) is 0.169. The van der Waals surface area contributed by atoms with Gasteiger partial charge < -0.3 is 28.5 Å². The molecule has 1 unspecified atom stereocenters. The molecule has 2 aliphatic heterocycles. The number of halogens is 1. The zero-order chi connectivity index (χ0) is 23.4. The van der Waals surface area contributed by atoms with Gasteiger partial charge in [0.2, 0.25) is 5.28 Å². The summed E-state index contributed by atoms with van der Waals surface area (Å²) in [5, 5.41) is 11.2. The summed E-state index contributed by atoms with van der Waals surface area (Å²) in [6, 6.07) is 0. The van der Waals surface area contributed by atoms with Gasteiger partial charge in [-0.2, -0.15) is 9.97 Å². The summed E-state index contributed by atoms with van der Waals surface area (Å²) in [6.45, 7) is 13.1. The predicted molar refractivity (Wildman–Crippen MR) is 125 cm³/mol. The third-order valence-corrected chi connectivity index (χ3v) is 14.3. The first-order chi connectivity index (χ1) is 15.0. The molecular formula is C19H32ClN5O5Si2. The van der Waals surface area contributed by atoms with E-state index in [9.17, 15) is 5.11 Å². The van der Waals surface area contributed by atoms with E-state index >= 15 is 0 Å². The van der Waals surface area contributed by atoms with Crippen molar-refractivity contribution >= 4 is 46.4 Å². The number of nitrogens with two attached hydrogens (primary N) is 1. The molecule has 0 radical (unpaired) electrons. The molecule has 0 bridgehead atoms. The predicted octanol–water partition coefficient (Wildman–Crippen LogP) is 2.64. The second-order valence-electron chi connectivity index (χ2n) is 9.43. The van der Waals surface area contributed by atoms with Crippen LogP contribution in [0.4, 0.5) is 5.82 Å². The molecule has 178 valence electrons. The van der Waals surface area contributed by atoms with Crippen molar-refractivity contribution in [2.24, 2.45) is 0 Å². The van der Waals surface area contributed by atoms with Crippen LogP contribution >= 0.6 is 11.6 Å². The fourth-order valence-corrected chi connectivity index (χ4v) is 13.3. The van der Waals surface area contributed by atoms with Crippen LogP contribution in [0, 0.1) is 0 Å². The van der Waals surface area contributed by atoms with Crippen molar-refractivity contribution in [3.05, 3.63) is 11.6 Å². The van der Waals surface area contributed by atoms with E-state index in [2.05, 4.69) is 56.5 Å². The lowest BCUT2D eigenvalue weighted by molar-refractivity contribution is -0.0549. The fourth-order valence-electron chi connectivity index (χ4n) is 4.52. The van der Waals surface area contributed by atoms with E-state index in [1.807, 2.05) is 0 Å². The lowest BCUT2D eigenvalue weighted by Gasteiger charge is -2.44. The molecule has 2 aromatic heterocycles. The SMILES string of the molecule is CC(C)[SiH]1O[C@H]2[C@@H](O)[C@H](n3cnc4c(N)nc(Cl)nc43)O[C@@H]2CO[Si](C(C)C)(C(C)C)O1. The molecule has 0 aliphatic carbocycles. The van der Waals surface area contributed by atoms with Crippen LogP contribution in [0.2, 0.25) is 21.9 Å². The van der Waals surface area contributed by atoms with Gasteiger partial charge in [0.25, 0.3) is 0 Å². The fraction of sp³-hybridized carbons (Fsp3) is 0.737. The maximum absolute atomic E-state index is 11.2. The first-order valence-corrected chi connectivity index (χ1v) is 15.0. The summed E-state index contributed by atoms with van der Waals surface area (Å²) < 4.78 is 27.7. The molecule has 4 rings (SSSR count). The second kappa shape index (κ2) is 8.91. The minimum absolute atomic E-state index is 0.000154. The lowest BCUT2D eigenvalue weighted by Crippen LogP contribution is -2.58. The van der Waals surface area contributed by atoms with Gasteiger partial charge in [0.15, 0.2) is 17.7 Å². The molecule has 0 spiro atoms. The number of nitrogen functional groups attached to an aromatic ring is 1. The van der Waals surface area contributed by atoms with Gasteiger partial charge in [0, 0.05) is 0 Å². The summed E-state index contributed by atoms with van der Waals surface area (Å²) in [6.07, 6.45) is -1.27. The van der Waals surface area contributed by atoms with E-state index in [1.165, 1.54) is 6.33 Å². The van der Waals surface area contributed by atoms with Crippen molar-refractivity contribution in [1.82, 2.24) is 19.5 Å². The molecule has 5 atom stereocenters. The number of aliphatic hydroxyl groups is 1. The molecule has 13 heteroatoms. The van der Waals surface area contributed by atoms with Crippen LogP contribution in [0.1, 0.15) is 47.8 Å². The zero-order valence-electron chi connectivity index (χ0n) is 19.2. The van der Waals surface area contributed by atoms with Crippen molar-refractivity contribution in [1.29, 1.82) is 0 Å². The Kier molecular flexibility index (Phi) is 6.69. The Bertz CT molecular complexity index is 969. The maximum atomic E-state index is 11.2. The van der Waals surface area contributed by atoms with E-state index in [-0.39, 0.29) is 34.3 Å². The molecule has 0 amide bonds.